The minimum absolute atomic E-state index is 0.0951. The van der Waals surface area contributed by atoms with E-state index in [0.717, 1.165) is 6.07 Å². The van der Waals surface area contributed by atoms with Crippen LogP contribution >= 0.6 is 15.9 Å². The third-order valence-corrected chi connectivity index (χ3v) is 2.35. The molecule has 0 saturated carbocycles. The van der Waals surface area contributed by atoms with Gasteiger partial charge in [0.2, 0.25) is 0 Å². The van der Waals surface area contributed by atoms with Crippen LogP contribution < -0.4 is 4.74 Å². The number of benzene rings is 1. The molecule has 0 aliphatic heterocycles. The summed E-state index contributed by atoms with van der Waals surface area (Å²) in [5, 5.41) is 8.94. The van der Waals surface area contributed by atoms with E-state index < -0.39 is 17.2 Å². The van der Waals surface area contributed by atoms with Crippen LogP contribution in [0.15, 0.2) is 16.6 Å². The van der Waals surface area contributed by atoms with Gasteiger partial charge in [-0.15, -0.1) is 0 Å². The van der Waals surface area contributed by atoms with Crippen molar-refractivity contribution in [1.29, 1.82) is 0 Å². The summed E-state index contributed by atoms with van der Waals surface area (Å²) < 4.78 is 31.4. The van der Waals surface area contributed by atoms with Gasteiger partial charge in [-0.25, -0.2) is 8.78 Å². The van der Waals surface area contributed by atoms with Crippen LogP contribution in [-0.2, 0) is 0 Å². The molecule has 0 saturated heterocycles. The van der Waals surface area contributed by atoms with Crippen LogP contribution in [0.3, 0.4) is 0 Å². The molecule has 2 nitrogen and oxygen atoms in total. The molecule has 0 unspecified atom stereocenters. The van der Waals surface area contributed by atoms with Gasteiger partial charge in [0, 0.05) is 12.1 Å². The molecule has 0 aliphatic rings. The summed E-state index contributed by atoms with van der Waals surface area (Å²) >= 11 is 2.93. The Bertz CT molecular complexity index is 367. The molecular weight excluding hydrogens is 270 g/mol. The molecule has 1 N–H and O–H groups in total. The van der Waals surface area contributed by atoms with Crippen LogP contribution in [-0.4, -0.2) is 17.3 Å². The zero-order chi connectivity index (χ0) is 11.6. The van der Waals surface area contributed by atoms with E-state index in [9.17, 15) is 8.78 Å². The molecule has 84 valence electrons. The minimum atomic E-state index is -0.905. The maximum Gasteiger partial charge on any atom is 0.168 e. The van der Waals surface area contributed by atoms with Gasteiger partial charge in [-0.05, 0) is 29.8 Å². The van der Waals surface area contributed by atoms with E-state index in [1.54, 1.807) is 13.8 Å². The highest BCUT2D eigenvalue weighted by molar-refractivity contribution is 9.10. The number of aliphatic hydroxyl groups excluding tert-OH is 1. The summed E-state index contributed by atoms with van der Waals surface area (Å²) in [6, 6.07) is 1.93. The Morgan fingerprint density at radius 2 is 1.93 bits per heavy atom. The predicted molar refractivity (Wildman–Crippen MR) is 55.9 cm³/mol. The predicted octanol–water partition coefficient (Wildman–Crippen LogP) is 2.88. The second-order valence-corrected chi connectivity index (χ2v) is 4.57. The smallest absolute Gasteiger partial charge is 0.168 e. The van der Waals surface area contributed by atoms with Crippen LogP contribution in [0.25, 0.3) is 0 Å². The van der Waals surface area contributed by atoms with Crippen molar-refractivity contribution in [3.8, 4) is 5.75 Å². The number of ether oxygens (including phenoxy) is 1. The van der Waals surface area contributed by atoms with Crippen LogP contribution in [0.1, 0.15) is 13.8 Å². The molecule has 0 aliphatic carbocycles. The lowest BCUT2D eigenvalue weighted by Crippen LogP contribution is -2.32. The molecule has 0 amide bonds. The van der Waals surface area contributed by atoms with E-state index in [2.05, 4.69) is 15.9 Å². The monoisotopic (exact) mass is 280 g/mol. The highest BCUT2D eigenvalue weighted by Crippen LogP contribution is 2.28. The highest BCUT2D eigenvalue weighted by Gasteiger charge is 2.21. The molecule has 1 aromatic carbocycles. The van der Waals surface area contributed by atoms with Crippen molar-refractivity contribution in [1.82, 2.24) is 0 Å². The normalized spacial score (nSPS) is 11.6. The van der Waals surface area contributed by atoms with Crippen molar-refractivity contribution in [3.63, 3.8) is 0 Å². The summed E-state index contributed by atoms with van der Waals surface area (Å²) in [5.41, 5.74) is -0.905. The molecule has 0 heterocycles. The maximum atomic E-state index is 13.2. The fourth-order valence-electron chi connectivity index (χ4n) is 0.912. The van der Waals surface area contributed by atoms with Gasteiger partial charge in [0.25, 0.3) is 0 Å². The van der Waals surface area contributed by atoms with Crippen LogP contribution in [0.5, 0.6) is 5.75 Å². The number of rotatable bonds is 3. The zero-order valence-electron chi connectivity index (χ0n) is 8.35. The average Bonchev–Trinajstić information content (AvgIpc) is 2.14. The van der Waals surface area contributed by atoms with Crippen molar-refractivity contribution in [3.05, 3.63) is 28.2 Å². The summed E-state index contributed by atoms with van der Waals surface area (Å²) in [6.07, 6.45) is 0. The maximum absolute atomic E-state index is 13.2. The number of hydrogen-bond donors (Lipinski definition) is 1. The summed E-state index contributed by atoms with van der Waals surface area (Å²) in [6.45, 7) is 2.94. The van der Waals surface area contributed by atoms with Crippen molar-refractivity contribution < 1.29 is 18.6 Å². The first-order valence-electron chi connectivity index (χ1n) is 4.30. The van der Waals surface area contributed by atoms with E-state index in [4.69, 9.17) is 9.84 Å². The lowest BCUT2D eigenvalue weighted by atomic mass is 10.1. The molecule has 0 bridgehead atoms. The summed E-state index contributed by atoms with van der Waals surface area (Å²) in [7, 11) is 0. The van der Waals surface area contributed by atoms with Crippen molar-refractivity contribution in [2.75, 3.05) is 6.61 Å². The Labute approximate surface area is 95.0 Å². The Morgan fingerprint density at radius 3 is 2.47 bits per heavy atom. The van der Waals surface area contributed by atoms with Crippen molar-refractivity contribution >= 4 is 15.9 Å². The van der Waals surface area contributed by atoms with E-state index in [1.165, 1.54) is 6.07 Å². The van der Waals surface area contributed by atoms with Gasteiger partial charge in [0.1, 0.15) is 11.4 Å². The first-order valence-corrected chi connectivity index (χ1v) is 5.09. The Balaban J connectivity index is 3.01. The van der Waals surface area contributed by atoms with E-state index in [1.807, 2.05) is 0 Å². The SMILES string of the molecule is CC(C)(CO)Oc1cc(Br)c(F)cc1F. The Kier molecular flexibility index (Phi) is 3.67. The zero-order valence-corrected chi connectivity index (χ0v) is 9.94. The second-order valence-electron chi connectivity index (χ2n) is 3.72. The minimum Gasteiger partial charge on any atom is -0.482 e. The van der Waals surface area contributed by atoms with Crippen molar-refractivity contribution in [2.45, 2.75) is 19.4 Å². The van der Waals surface area contributed by atoms with Crippen LogP contribution in [0.4, 0.5) is 8.78 Å². The molecule has 0 radical (unpaired) electrons. The third-order valence-electron chi connectivity index (χ3n) is 1.74. The standard InChI is InChI=1S/C10H11BrF2O2/c1-10(2,5-14)15-9-3-6(11)7(12)4-8(9)13/h3-4,14H,5H2,1-2H3. The first kappa shape index (κ1) is 12.4. The lowest BCUT2D eigenvalue weighted by Gasteiger charge is -2.24. The summed E-state index contributed by atoms with van der Waals surface area (Å²) in [5.74, 6) is -1.58. The van der Waals surface area contributed by atoms with E-state index in [0.29, 0.717) is 0 Å². The average molecular weight is 281 g/mol. The lowest BCUT2D eigenvalue weighted by molar-refractivity contribution is 0.0378. The van der Waals surface area contributed by atoms with Gasteiger partial charge in [-0.3, -0.25) is 0 Å². The molecule has 0 spiro atoms. The molecule has 1 aromatic rings. The van der Waals surface area contributed by atoms with Crippen LogP contribution in [0, 0.1) is 11.6 Å². The topological polar surface area (TPSA) is 29.5 Å². The Hall–Kier alpha value is -0.680. The molecule has 15 heavy (non-hydrogen) atoms. The number of halogens is 3. The van der Waals surface area contributed by atoms with E-state index in [-0.39, 0.29) is 16.8 Å². The van der Waals surface area contributed by atoms with Gasteiger partial charge < -0.3 is 9.84 Å². The molecule has 1 rings (SSSR count). The van der Waals surface area contributed by atoms with Gasteiger partial charge >= 0.3 is 0 Å². The quantitative estimate of drug-likeness (QED) is 0.863. The fourth-order valence-corrected chi connectivity index (χ4v) is 1.23. The highest BCUT2D eigenvalue weighted by atomic mass is 79.9. The van der Waals surface area contributed by atoms with Gasteiger partial charge in [-0.2, -0.15) is 0 Å². The fraction of sp³-hybridized carbons (Fsp3) is 0.400. The molecule has 5 heteroatoms. The molecular formula is C10H11BrF2O2. The Morgan fingerprint density at radius 1 is 1.33 bits per heavy atom. The van der Waals surface area contributed by atoms with Gasteiger partial charge in [0.05, 0.1) is 11.1 Å². The number of hydrogen-bond acceptors (Lipinski definition) is 2. The van der Waals surface area contributed by atoms with Crippen molar-refractivity contribution in [2.24, 2.45) is 0 Å². The molecule has 0 fully saturated rings. The van der Waals surface area contributed by atoms with E-state index >= 15 is 0 Å². The van der Waals surface area contributed by atoms with Gasteiger partial charge in [0.15, 0.2) is 11.6 Å². The second kappa shape index (κ2) is 4.45. The first-order chi connectivity index (χ1) is 6.85. The van der Waals surface area contributed by atoms with Gasteiger partial charge in [-0.1, -0.05) is 0 Å². The number of aliphatic hydroxyl groups is 1. The molecule has 0 atom stereocenters. The third kappa shape index (κ3) is 3.14. The molecule has 0 aromatic heterocycles. The van der Waals surface area contributed by atoms with Crippen LogP contribution in [0.2, 0.25) is 0 Å². The summed E-state index contributed by atoms with van der Waals surface area (Å²) in [4.78, 5) is 0. The largest absolute Gasteiger partial charge is 0.482 e.